The summed E-state index contributed by atoms with van der Waals surface area (Å²) in [7, 11) is 0. The van der Waals surface area contributed by atoms with Gasteiger partial charge >= 0.3 is 0 Å². The van der Waals surface area contributed by atoms with E-state index in [0.717, 1.165) is 10.1 Å². The third kappa shape index (κ3) is 1.90. The number of rotatable bonds is 1. The van der Waals surface area contributed by atoms with Gasteiger partial charge in [-0.3, -0.25) is 4.99 Å². The van der Waals surface area contributed by atoms with E-state index in [9.17, 15) is 0 Å². The van der Waals surface area contributed by atoms with E-state index in [2.05, 4.69) is 31.5 Å². The van der Waals surface area contributed by atoms with Crippen LogP contribution in [0.1, 0.15) is 13.8 Å². The normalized spacial score (nSPS) is 27.1. The highest BCUT2D eigenvalue weighted by Gasteiger charge is 2.18. The van der Waals surface area contributed by atoms with Crippen LogP contribution in [0.2, 0.25) is 0 Å². The van der Waals surface area contributed by atoms with Crippen LogP contribution in [0.25, 0.3) is 0 Å². The van der Waals surface area contributed by atoms with Gasteiger partial charge in [-0.25, -0.2) is 0 Å². The van der Waals surface area contributed by atoms with Crippen LogP contribution >= 0.6 is 24.4 Å². The molecule has 0 amide bonds. The molecular formula is C6H11NS2. The summed E-state index contributed by atoms with van der Waals surface area (Å²) in [5.74, 6) is 1.79. The van der Waals surface area contributed by atoms with Crippen LogP contribution in [0.3, 0.4) is 0 Å². The Bertz CT molecular complexity index is 131. The van der Waals surface area contributed by atoms with Gasteiger partial charge < -0.3 is 0 Å². The third-order valence-electron chi connectivity index (χ3n) is 1.43. The first-order chi connectivity index (χ1) is 4.20. The minimum atomic E-state index is 0.516. The molecule has 0 aromatic heterocycles. The van der Waals surface area contributed by atoms with Gasteiger partial charge in [-0.15, -0.1) is 12.6 Å². The Balaban J connectivity index is 2.47. The van der Waals surface area contributed by atoms with Crippen LogP contribution in [0.5, 0.6) is 0 Å². The maximum Gasteiger partial charge on any atom is 0.121 e. The van der Waals surface area contributed by atoms with Gasteiger partial charge in [-0.1, -0.05) is 25.6 Å². The van der Waals surface area contributed by atoms with Gasteiger partial charge in [0.1, 0.15) is 4.38 Å². The summed E-state index contributed by atoms with van der Waals surface area (Å²) in [6.45, 7) is 4.39. The van der Waals surface area contributed by atoms with Crippen molar-refractivity contribution in [3.63, 3.8) is 0 Å². The van der Waals surface area contributed by atoms with E-state index in [0.29, 0.717) is 12.0 Å². The number of hydrogen-bond donors (Lipinski definition) is 1. The van der Waals surface area contributed by atoms with Gasteiger partial charge in [0, 0.05) is 5.75 Å². The predicted octanol–water partition coefficient (Wildman–Crippen LogP) is 2.04. The molecule has 0 fully saturated rings. The molecule has 1 nitrogen and oxygen atoms in total. The molecular weight excluding hydrogens is 150 g/mol. The van der Waals surface area contributed by atoms with Gasteiger partial charge in [0.2, 0.25) is 0 Å². The van der Waals surface area contributed by atoms with Crippen molar-refractivity contribution in [3.05, 3.63) is 0 Å². The molecule has 1 heterocycles. The smallest absolute Gasteiger partial charge is 0.121 e. The first-order valence-corrected chi connectivity index (χ1v) is 4.53. The summed E-state index contributed by atoms with van der Waals surface area (Å²) in [6, 6.07) is 0.516. The van der Waals surface area contributed by atoms with Crippen LogP contribution in [0, 0.1) is 5.92 Å². The molecule has 9 heavy (non-hydrogen) atoms. The van der Waals surface area contributed by atoms with Crippen molar-refractivity contribution in [2.45, 2.75) is 19.9 Å². The fraction of sp³-hybridized carbons (Fsp3) is 0.833. The SMILES string of the molecule is CC(C)C1CSC(S)=N1. The lowest BCUT2D eigenvalue weighted by Crippen LogP contribution is -2.11. The maximum absolute atomic E-state index is 4.33. The molecule has 1 aliphatic heterocycles. The molecule has 0 aromatic carbocycles. The molecule has 0 bridgehead atoms. The molecule has 0 N–H and O–H groups in total. The molecule has 52 valence electrons. The highest BCUT2D eigenvalue weighted by Crippen LogP contribution is 2.24. The molecule has 3 heteroatoms. The molecule has 1 rings (SSSR count). The average molecular weight is 161 g/mol. The second kappa shape index (κ2) is 2.97. The quantitative estimate of drug-likeness (QED) is 0.580. The monoisotopic (exact) mass is 161 g/mol. The van der Waals surface area contributed by atoms with Crippen LogP contribution < -0.4 is 0 Å². The molecule has 0 aliphatic carbocycles. The number of thiol groups is 1. The van der Waals surface area contributed by atoms with Crippen LogP contribution in [-0.2, 0) is 0 Å². The van der Waals surface area contributed by atoms with E-state index in [1.165, 1.54) is 0 Å². The molecule has 1 unspecified atom stereocenters. The van der Waals surface area contributed by atoms with Gasteiger partial charge in [-0.2, -0.15) is 0 Å². The van der Waals surface area contributed by atoms with Crippen molar-refractivity contribution in [3.8, 4) is 0 Å². The number of thioether (sulfide) groups is 1. The van der Waals surface area contributed by atoms with E-state index < -0.39 is 0 Å². The standard InChI is InChI=1S/C6H11NS2/c1-4(2)5-3-9-6(8)7-5/h4-5H,3H2,1-2H3,(H,7,8). The Morgan fingerprint density at radius 2 is 2.44 bits per heavy atom. The zero-order chi connectivity index (χ0) is 6.85. The van der Waals surface area contributed by atoms with Crippen LogP contribution in [-0.4, -0.2) is 16.2 Å². The highest BCUT2D eigenvalue weighted by atomic mass is 32.2. The molecule has 0 radical (unpaired) electrons. The summed E-state index contributed by atoms with van der Waals surface area (Å²) in [6.07, 6.45) is 0. The van der Waals surface area contributed by atoms with Crippen LogP contribution in [0.4, 0.5) is 0 Å². The third-order valence-corrected chi connectivity index (χ3v) is 2.80. The number of aliphatic imine (C=N–C) groups is 1. The summed E-state index contributed by atoms with van der Waals surface area (Å²) < 4.78 is 0.953. The minimum Gasteiger partial charge on any atom is -0.267 e. The zero-order valence-corrected chi connectivity index (χ0v) is 7.38. The Morgan fingerprint density at radius 3 is 2.67 bits per heavy atom. The van der Waals surface area contributed by atoms with E-state index in [1.807, 2.05) is 0 Å². The van der Waals surface area contributed by atoms with Crippen molar-refractivity contribution in [2.75, 3.05) is 5.75 Å². The van der Waals surface area contributed by atoms with Gasteiger partial charge in [0.15, 0.2) is 0 Å². The summed E-state index contributed by atoms with van der Waals surface area (Å²) >= 11 is 5.91. The zero-order valence-electron chi connectivity index (χ0n) is 5.66. The van der Waals surface area contributed by atoms with E-state index >= 15 is 0 Å². The van der Waals surface area contributed by atoms with E-state index in [4.69, 9.17) is 0 Å². The predicted molar refractivity (Wildman–Crippen MR) is 47.5 cm³/mol. The fourth-order valence-electron chi connectivity index (χ4n) is 0.718. The molecule has 0 saturated heterocycles. The summed E-state index contributed by atoms with van der Waals surface area (Å²) in [5.41, 5.74) is 0. The lowest BCUT2D eigenvalue weighted by molar-refractivity contribution is 0.544. The lowest BCUT2D eigenvalue weighted by atomic mass is 10.1. The Labute approximate surface area is 65.7 Å². The number of hydrogen-bond acceptors (Lipinski definition) is 2. The Hall–Kier alpha value is 0.370. The van der Waals surface area contributed by atoms with Crippen molar-refractivity contribution < 1.29 is 0 Å². The van der Waals surface area contributed by atoms with Gasteiger partial charge in [-0.05, 0) is 5.92 Å². The largest absolute Gasteiger partial charge is 0.267 e. The molecule has 1 atom stereocenters. The second-order valence-electron chi connectivity index (χ2n) is 2.53. The molecule has 0 saturated carbocycles. The Kier molecular flexibility index (Phi) is 2.47. The first-order valence-electron chi connectivity index (χ1n) is 3.09. The van der Waals surface area contributed by atoms with Gasteiger partial charge in [0.25, 0.3) is 0 Å². The van der Waals surface area contributed by atoms with Crippen molar-refractivity contribution >= 4 is 28.8 Å². The van der Waals surface area contributed by atoms with Crippen molar-refractivity contribution in [2.24, 2.45) is 10.9 Å². The lowest BCUT2D eigenvalue weighted by Gasteiger charge is -2.07. The van der Waals surface area contributed by atoms with Crippen molar-refractivity contribution in [1.82, 2.24) is 0 Å². The second-order valence-corrected chi connectivity index (χ2v) is 4.27. The number of nitrogens with zero attached hydrogens (tertiary/aromatic N) is 1. The van der Waals surface area contributed by atoms with E-state index in [-0.39, 0.29) is 0 Å². The topological polar surface area (TPSA) is 12.4 Å². The van der Waals surface area contributed by atoms with Crippen molar-refractivity contribution in [1.29, 1.82) is 0 Å². The van der Waals surface area contributed by atoms with E-state index in [1.54, 1.807) is 11.8 Å². The molecule has 0 spiro atoms. The maximum atomic E-state index is 4.33. The van der Waals surface area contributed by atoms with Gasteiger partial charge in [0.05, 0.1) is 6.04 Å². The molecule has 0 aromatic rings. The summed E-state index contributed by atoms with van der Waals surface area (Å²) in [4.78, 5) is 4.33. The highest BCUT2D eigenvalue weighted by molar-refractivity contribution is 8.32. The average Bonchev–Trinajstić information content (AvgIpc) is 2.14. The Morgan fingerprint density at radius 1 is 1.78 bits per heavy atom. The summed E-state index contributed by atoms with van der Waals surface area (Å²) in [5, 5.41) is 0. The molecule has 1 aliphatic rings. The van der Waals surface area contributed by atoms with Crippen LogP contribution in [0.15, 0.2) is 4.99 Å². The minimum absolute atomic E-state index is 0.516. The fourth-order valence-corrected chi connectivity index (χ4v) is 2.08. The first kappa shape index (κ1) is 7.48.